The van der Waals surface area contributed by atoms with E-state index >= 15 is 0 Å². The average molecular weight is 342 g/mol. The lowest BCUT2D eigenvalue weighted by molar-refractivity contribution is 0.797. The Morgan fingerprint density at radius 2 is 2.04 bits per heavy atom. The summed E-state index contributed by atoms with van der Waals surface area (Å²) in [6.45, 7) is 0.632. The number of benzene rings is 1. The number of hydrogen-bond acceptors (Lipinski definition) is 5. The number of hydrazine groups is 1. The molecule has 0 aliphatic heterocycles. The van der Waals surface area contributed by atoms with Crippen molar-refractivity contribution in [2.24, 2.45) is 16.7 Å². The van der Waals surface area contributed by atoms with Gasteiger partial charge < -0.3 is 10.3 Å². The van der Waals surface area contributed by atoms with Crippen molar-refractivity contribution in [2.75, 3.05) is 0 Å². The zero-order valence-corrected chi connectivity index (χ0v) is 13.5. The lowest BCUT2D eigenvalue weighted by atomic mass is 10.2. The van der Waals surface area contributed by atoms with E-state index in [-0.39, 0.29) is 5.84 Å². The Labute approximate surface area is 144 Å². The van der Waals surface area contributed by atoms with Crippen molar-refractivity contribution in [3.8, 4) is 11.4 Å². The van der Waals surface area contributed by atoms with Crippen molar-refractivity contribution >= 4 is 17.4 Å². The molecule has 3 rings (SSSR count). The number of nitrogens with zero attached hydrogens (tertiary/aromatic N) is 4. The maximum Gasteiger partial charge on any atom is 0.152 e. The van der Waals surface area contributed by atoms with Crippen molar-refractivity contribution in [3.63, 3.8) is 0 Å². The SMILES string of the molecule is NN/N=C(\N)c1ccnc(-c2cn(Cc3ccccc3Cl)cn2)c1. The molecule has 0 atom stereocenters. The van der Waals surface area contributed by atoms with Crippen molar-refractivity contribution in [1.82, 2.24) is 20.1 Å². The van der Waals surface area contributed by atoms with Crippen LogP contribution in [0, 0.1) is 0 Å². The van der Waals surface area contributed by atoms with E-state index in [2.05, 4.69) is 20.6 Å². The van der Waals surface area contributed by atoms with Crippen LogP contribution >= 0.6 is 11.6 Å². The Balaban J connectivity index is 1.85. The third-order valence-corrected chi connectivity index (χ3v) is 3.82. The van der Waals surface area contributed by atoms with Gasteiger partial charge in [0.05, 0.1) is 12.0 Å². The summed E-state index contributed by atoms with van der Waals surface area (Å²) < 4.78 is 1.95. The van der Waals surface area contributed by atoms with Gasteiger partial charge >= 0.3 is 0 Å². The van der Waals surface area contributed by atoms with E-state index in [4.69, 9.17) is 23.2 Å². The number of pyridine rings is 1. The fraction of sp³-hybridized carbons (Fsp3) is 0.0625. The molecule has 3 aromatic rings. The molecule has 122 valence electrons. The highest BCUT2D eigenvalue weighted by molar-refractivity contribution is 6.31. The van der Waals surface area contributed by atoms with Crippen LogP contribution in [0.25, 0.3) is 11.4 Å². The Bertz CT molecular complexity index is 872. The molecule has 0 aliphatic carbocycles. The molecular formula is C16H16ClN7. The van der Waals surface area contributed by atoms with Crippen LogP contribution in [0.4, 0.5) is 0 Å². The van der Waals surface area contributed by atoms with Crippen molar-refractivity contribution in [2.45, 2.75) is 6.54 Å². The Morgan fingerprint density at radius 3 is 2.83 bits per heavy atom. The Morgan fingerprint density at radius 1 is 1.21 bits per heavy atom. The summed E-state index contributed by atoms with van der Waals surface area (Å²) in [7, 11) is 0. The van der Waals surface area contributed by atoms with E-state index in [0.29, 0.717) is 17.8 Å². The number of hydrogen-bond donors (Lipinski definition) is 3. The van der Waals surface area contributed by atoms with Gasteiger partial charge in [-0.2, -0.15) is 0 Å². The van der Waals surface area contributed by atoms with E-state index < -0.39 is 0 Å². The van der Waals surface area contributed by atoms with Crippen molar-refractivity contribution in [1.29, 1.82) is 0 Å². The minimum absolute atomic E-state index is 0.275. The second-order valence-corrected chi connectivity index (χ2v) is 5.49. The monoisotopic (exact) mass is 341 g/mol. The van der Waals surface area contributed by atoms with Crippen molar-refractivity contribution in [3.05, 3.63) is 71.3 Å². The molecule has 7 nitrogen and oxygen atoms in total. The fourth-order valence-electron chi connectivity index (χ4n) is 2.27. The van der Waals surface area contributed by atoms with Crippen LogP contribution in [0.5, 0.6) is 0 Å². The number of aromatic nitrogens is 3. The minimum Gasteiger partial charge on any atom is -0.382 e. The maximum atomic E-state index is 6.19. The second kappa shape index (κ2) is 7.12. The van der Waals surface area contributed by atoms with Crippen LogP contribution < -0.4 is 17.1 Å². The smallest absolute Gasteiger partial charge is 0.152 e. The first-order valence-corrected chi connectivity index (χ1v) is 7.56. The van der Waals surface area contributed by atoms with Crippen LogP contribution in [-0.4, -0.2) is 20.4 Å². The van der Waals surface area contributed by atoms with E-state index in [0.717, 1.165) is 16.3 Å². The molecule has 5 N–H and O–H groups in total. The molecule has 0 saturated carbocycles. The summed E-state index contributed by atoms with van der Waals surface area (Å²) in [5, 5.41) is 4.48. The first-order valence-electron chi connectivity index (χ1n) is 7.18. The van der Waals surface area contributed by atoms with Crippen LogP contribution in [0.1, 0.15) is 11.1 Å². The molecule has 0 radical (unpaired) electrons. The summed E-state index contributed by atoms with van der Waals surface area (Å²) in [5.74, 6) is 5.42. The highest BCUT2D eigenvalue weighted by Gasteiger charge is 2.08. The molecule has 1 aromatic carbocycles. The highest BCUT2D eigenvalue weighted by atomic mass is 35.5. The number of imidazole rings is 1. The summed E-state index contributed by atoms with van der Waals surface area (Å²) in [5.41, 5.74) is 11.1. The molecule has 2 aromatic heterocycles. The molecule has 0 fully saturated rings. The Kier molecular flexibility index (Phi) is 4.74. The molecule has 0 spiro atoms. The number of amidine groups is 1. The van der Waals surface area contributed by atoms with Gasteiger partial charge in [-0.15, -0.1) is 5.10 Å². The molecule has 8 heteroatoms. The van der Waals surface area contributed by atoms with Gasteiger partial charge in [-0.3, -0.25) is 4.98 Å². The summed E-state index contributed by atoms with van der Waals surface area (Å²) in [4.78, 5) is 8.72. The summed E-state index contributed by atoms with van der Waals surface area (Å²) >= 11 is 6.19. The van der Waals surface area contributed by atoms with E-state index in [9.17, 15) is 0 Å². The third kappa shape index (κ3) is 3.53. The molecule has 2 heterocycles. The molecule has 0 bridgehead atoms. The lowest BCUT2D eigenvalue weighted by Gasteiger charge is -2.04. The molecule has 0 amide bonds. The Hall–Kier alpha value is -2.90. The first kappa shape index (κ1) is 16.0. The van der Waals surface area contributed by atoms with E-state index in [1.54, 1.807) is 24.7 Å². The predicted molar refractivity (Wildman–Crippen MR) is 94.1 cm³/mol. The third-order valence-electron chi connectivity index (χ3n) is 3.45. The minimum atomic E-state index is 0.275. The van der Waals surface area contributed by atoms with Gasteiger partial charge in [-0.1, -0.05) is 29.8 Å². The topological polar surface area (TPSA) is 107 Å². The summed E-state index contributed by atoms with van der Waals surface area (Å²) in [6, 6.07) is 11.3. The number of hydrazone groups is 1. The van der Waals surface area contributed by atoms with Gasteiger partial charge in [0, 0.05) is 29.5 Å². The lowest BCUT2D eigenvalue weighted by Crippen LogP contribution is -2.23. The quantitative estimate of drug-likeness (QED) is 0.283. The summed E-state index contributed by atoms with van der Waals surface area (Å²) in [6.07, 6.45) is 5.30. The molecule has 0 unspecified atom stereocenters. The van der Waals surface area contributed by atoms with Crippen LogP contribution in [0.3, 0.4) is 0 Å². The van der Waals surface area contributed by atoms with Gasteiger partial charge in [0.25, 0.3) is 0 Å². The number of nitrogens with two attached hydrogens (primary N) is 2. The molecule has 0 saturated heterocycles. The normalized spacial score (nSPS) is 11.5. The zero-order valence-electron chi connectivity index (χ0n) is 12.7. The second-order valence-electron chi connectivity index (χ2n) is 5.08. The number of halogens is 1. The number of rotatable bonds is 5. The first-order chi connectivity index (χ1) is 11.7. The molecular weight excluding hydrogens is 326 g/mol. The average Bonchev–Trinajstić information content (AvgIpc) is 3.06. The fourth-order valence-corrected chi connectivity index (χ4v) is 2.46. The van der Waals surface area contributed by atoms with Crippen LogP contribution in [0.2, 0.25) is 5.02 Å². The van der Waals surface area contributed by atoms with Crippen LogP contribution in [-0.2, 0) is 6.54 Å². The maximum absolute atomic E-state index is 6.19. The van der Waals surface area contributed by atoms with Gasteiger partial charge in [0.1, 0.15) is 5.69 Å². The van der Waals surface area contributed by atoms with Gasteiger partial charge in [0.2, 0.25) is 0 Å². The highest BCUT2D eigenvalue weighted by Crippen LogP contribution is 2.19. The van der Waals surface area contributed by atoms with Gasteiger partial charge in [0.15, 0.2) is 5.84 Å². The van der Waals surface area contributed by atoms with Crippen LogP contribution in [0.15, 0.2) is 60.2 Å². The standard InChI is InChI=1S/C16H16ClN7/c17-13-4-2-1-3-12(13)8-24-9-15(21-10-24)14-7-11(5-6-20-14)16(18)22-23-19/h1-7,9-10,23H,8,19H2,(H2,18,22). The largest absolute Gasteiger partial charge is 0.382 e. The van der Waals surface area contributed by atoms with E-state index in [1.165, 1.54) is 0 Å². The van der Waals surface area contributed by atoms with Gasteiger partial charge in [-0.05, 0) is 23.8 Å². The van der Waals surface area contributed by atoms with Crippen molar-refractivity contribution < 1.29 is 0 Å². The molecule has 24 heavy (non-hydrogen) atoms. The van der Waals surface area contributed by atoms with Gasteiger partial charge in [-0.25, -0.2) is 16.4 Å². The predicted octanol–water partition coefficient (Wildman–Crippen LogP) is 1.73. The molecule has 0 aliphatic rings. The number of nitrogens with one attached hydrogen (secondary N) is 1. The zero-order chi connectivity index (χ0) is 16.9. The van der Waals surface area contributed by atoms with E-state index in [1.807, 2.05) is 35.0 Å².